The first-order valence-electron chi connectivity index (χ1n) is 16.7. The minimum Gasteiger partial charge on any atom is -0.459 e. The average Bonchev–Trinajstić information content (AvgIpc) is 3.33. The van der Waals surface area contributed by atoms with Crippen LogP contribution in [0.25, 0.3) is 0 Å². The van der Waals surface area contributed by atoms with Crippen molar-refractivity contribution < 1.29 is 27.4 Å². The summed E-state index contributed by atoms with van der Waals surface area (Å²) >= 11 is 0. The molecule has 236 valence electrons. The second kappa shape index (κ2) is 13.3. The van der Waals surface area contributed by atoms with Crippen LogP contribution in [0.2, 0.25) is 0 Å². The Hall–Kier alpha value is -2.34. The topological polar surface area (TPSA) is 35.5 Å². The standard InChI is InChI=1S/C37H49F3O3/c1-4-5-6-7-8-9-11-14-27-18-22-33-32-20-17-26-25-29(19-21-30(26)31(32)23-24-35(27,33)2)43-34(41)36(42-3,37(38,39)40)28-15-12-10-13-16-28/h10,12-13,15-17,20,27,29,33H,4-9,11,14,18-19,21-25H2,1-3H3/t27?,29-,33?,35?,36?/m0/s1. The summed E-state index contributed by atoms with van der Waals surface area (Å²) in [6, 6.07) is 11.5. The molecule has 0 saturated heterocycles. The Morgan fingerprint density at radius 1 is 0.907 bits per heavy atom. The largest absolute Gasteiger partial charge is 0.459 e. The van der Waals surface area contributed by atoms with Gasteiger partial charge in [0.05, 0.1) is 0 Å². The molecule has 0 heterocycles. The van der Waals surface area contributed by atoms with Gasteiger partial charge in [0.2, 0.25) is 0 Å². The molecule has 2 aromatic rings. The van der Waals surface area contributed by atoms with Gasteiger partial charge in [0.1, 0.15) is 6.10 Å². The zero-order valence-electron chi connectivity index (χ0n) is 26.2. The van der Waals surface area contributed by atoms with Crippen LogP contribution in [-0.2, 0) is 39.1 Å². The van der Waals surface area contributed by atoms with Crippen LogP contribution in [0.4, 0.5) is 13.2 Å². The molecule has 5 atom stereocenters. The van der Waals surface area contributed by atoms with Crippen molar-refractivity contribution in [3.05, 3.63) is 70.3 Å². The summed E-state index contributed by atoms with van der Waals surface area (Å²) in [5.41, 5.74) is 2.36. The highest BCUT2D eigenvalue weighted by atomic mass is 19.4. The maximum atomic E-state index is 14.4. The van der Waals surface area contributed by atoms with Gasteiger partial charge in [-0.05, 0) is 84.5 Å². The lowest BCUT2D eigenvalue weighted by Crippen LogP contribution is -2.52. The van der Waals surface area contributed by atoms with E-state index in [0.29, 0.717) is 24.2 Å². The number of unbranched alkanes of at least 4 members (excludes halogenated alkanes) is 6. The summed E-state index contributed by atoms with van der Waals surface area (Å²) in [6.45, 7) is 4.80. The van der Waals surface area contributed by atoms with Crippen molar-refractivity contribution in [1.29, 1.82) is 0 Å². The Morgan fingerprint density at radius 3 is 2.33 bits per heavy atom. The molecule has 3 nitrogen and oxygen atoms in total. The third-order valence-electron chi connectivity index (χ3n) is 11.2. The lowest BCUT2D eigenvalue weighted by Gasteiger charge is -2.43. The summed E-state index contributed by atoms with van der Waals surface area (Å²) in [7, 11) is 0.917. The number of halogens is 3. The molecule has 0 aliphatic heterocycles. The van der Waals surface area contributed by atoms with Gasteiger partial charge in [-0.3, -0.25) is 0 Å². The van der Waals surface area contributed by atoms with E-state index in [9.17, 15) is 18.0 Å². The minimum absolute atomic E-state index is 0.273. The predicted octanol–water partition coefficient (Wildman–Crippen LogP) is 9.78. The van der Waals surface area contributed by atoms with Gasteiger partial charge >= 0.3 is 12.1 Å². The molecule has 0 radical (unpaired) electrons. The molecule has 0 spiro atoms. The van der Waals surface area contributed by atoms with Crippen LogP contribution in [0.5, 0.6) is 0 Å². The van der Waals surface area contributed by atoms with Crippen molar-refractivity contribution >= 4 is 5.97 Å². The maximum absolute atomic E-state index is 14.4. The van der Waals surface area contributed by atoms with Crippen molar-refractivity contribution in [3.63, 3.8) is 0 Å². The van der Waals surface area contributed by atoms with Crippen molar-refractivity contribution in [2.75, 3.05) is 7.11 Å². The van der Waals surface area contributed by atoms with Gasteiger partial charge in [-0.1, -0.05) is 101 Å². The highest BCUT2D eigenvalue weighted by molar-refractivity contribution is 5.83. The molecular formula is C37H49F3O3. The maximum Gasteiger partial charge on any atom is 0.432 e. The first-order chi connectivity index (χ1) is 20.7. The van der Waals surface area contributed by atoms with Gasteiger partial charge in [-0.2, -0.15) is 13.2 Å². The first kappa shape index (κ1) is 32.1. The number of methoxy groups -OCH3 is 1. The molecule has 4 unspecified atom stereocenters. The summed E-state index contributed by atoms with van der Waals surface area (Å²) in [4.78, 5) is 13.2. The Balaban J connectivity index is 1.25. The number of carbonyl (C=O) groups is 1. The van der Waals surface area contributed by atoms with E-state index in [1.165, 1.54) is 112 Å². The molecular weight excluding hydrogens is 549 g/mol. The van der Waals surface area contributed by atoms with Gasteiger partial charge in [0, 0.05) is 19.1 Å². The number of benzene rings is 2. The molecule has 0 bridgehead atoms. The molecule has 1 saturated carbocycles. The number of ether oxygens (including phenoxy) is 2. The quantitative estimate of drug-likeness (QED) is 0.180. The molecule has 2 aromatic carbocycles. The van der Waals surface area contributed by atoms with Crippen LogP contribution < -0.4 is 0 Å². The monoisotopic (exact) mass is 598 g/mol. The first-order valence-corrected chi connectivity index (χ1v) is 16.7. The van der Waals surface area contributed by atoms with E-state index >= 15 is 0 Å². The van der Waals surface area contributed by atoms with Gasteiger partial charge in [0.25, 0.3) is 5.60 Å². The third kappa shape index (κ3) is 6.15. The van der Waals surface area contributed by atoms with Crippen LogP contribution in [0.15, 0.2) is 42.5 Å². The normalized spacial score (nSPS) is 26.2. The lowest BCUT2D eigenvalue weighted by atomic mass is 9.61. The molecule has 0 aromatic heterocycles. The molecule has 43 heavy (non-hydrogen) atoms. The van der Waals surface area contributed by atoms with E-state index in [2.05, 4.69) is 26.0 Å². The fraction of sp³-hybridized carbons (Fsp3) is 0.649. The molecule has 0 N–H and O–H groups in total. The molecule has 0 amide bonds. The van der Waals surface area contributed by atoms with E-state index in [1.54, 1.807) is 6.07 Å². The Bertz CT molecular complexity index is 1240. The van der Waals surface area contributed by atoms with Crippen LogP contribution >= 0.6 is 0 Å². The number of hydrogen-bond acceptors (Lipinski definition) is 3. The van der Waals surface area contributed by atoms with Crippen molar-refractivity contribution in [2.45, 2.75) is 134 Å². The van der Waals surface area contributed by atoms with E-state index in [0.717, 1.165) is 31.4 Å². The number of esters is 1. The van der Waals surface area contributed by atoms with E-state index in [1.807, 2.05) is 0 Å². The van der Waals surface area contributed by atoms with Crippen LogP contribution in [0.1, 0.15) is 125 Å². The van der Waals surface area contributed by atoms with E-state index in [4.69, 9.17) is 9.47 Å². The number of alkyl halides is 3. The number of fused-ring (bicyclic) bond motifs is 5. The SMILES string of the molecule is CCCCCCCCCC1CCC2c3ccc4c(c3CCC12C)CC[C@H](OC(=O)C(OC)(c1ccccc1)C(F)(F)F)C4. The Morgan fingerprint density at radius 2 is 1.63 bits per heavy atom. The second-order valence-corrected chi connectivity index (χ2v) is 13.5. The van der Waals surface area contributed by atoms with Crippen LogP contribution in [0, 0.1) is 11.3 Å². The zero-order valence-corrected chi connectivity index (χ0v) is 26.2. The van der Waals surface area contributed by atoms with Gasteiger partial charge in [0.15, 0.2) is 0 Å². The number of carbonyl (C=O) groups excluding carboxylic acids is 1. The van der Waals surface area contributed by atoms with Gasteiger partial charge in [-0.25, -0.2) is 4.79 Å². The van der Waals surface area contributed by atoms with Gasteiger partial charge < -0.3 is 9.47 Å². The molecule has 3 aliphatic carbocycles. The fourth-order valence-electron chi connectivity index (χ4n) is 8.68. The van der Waals surface area contributed by atoms with E-state index < -0.39 is 23.9 Å². The average molecular weight is 599 g/mol. The summed E-state index contributed by atoms with van der Waals surface area (Å²) in [5, 5.41) is 0. The predicted molar refractivity (Wildman–Crippen MR) is 164 cm³/mol. The highest BCUT2D eigenvalue weighted by Crippen LogP contribution is 2.60. The van der Waals surface area contributed by atoms with Crippen LogP contribution in [-0.4, -0.2) is 25.4 Å². The lowest BCUT2D eigenvalue weighted by molar-refractivity contribution is -0.278. The minimum atomic E-state index is -4.97. The molecule has 5 rings (SSSR count). The molecule has 3 aliphatic rings. The number of hydrogen-bond donors (Lipinski definition) is 0. The zero-order chi connectivity index (χ0) is 30.7. The Labute approximate surface area is 255 Å². The molecule has 6 heteroatoms. The summed E-state index contributed by atoms with van der Waals surface area (Å²) in [5.74, 6) is -0.0131. The summed E-state index contributed by atoms with van der Waals surface area (Å²) < 4.78 is 53.7. The fourth-order valence-corrected chi connectivity index (χ4v) is 8.68. The van der Waals surface area contributed by atoms with Crippen LogP contribution in [0.3, 0.4) is 0 Å². The van der Waals surface area contributed by atoms with Crippen molar-refractivity contribution in [1.82, 2.24) is 0 Å². The Kier molecular flexibility index (Phi) is 9.95. The van der Waals surface area contributed by atoms with E-state index in [-0.39, 0.29) is 5.56 Å². The second-order valence-electron chi connectivity index (χ2n) is 13.5. The smallest absolute Gasteiger partial charge is 0.432 e. The van der Waals surface area contributed by atoms with Gasteiger partial charge in [-0.15, -0.1) is 0 Å². The van der Waals surface area contributed by atoms with Crippen molar-refractivity contribution in [3.8, 4) is 0 Å². The number of rotatable bonds is 12. The third-order valence-corrected chi connectivity index (χ3v) is 11.2. The molecule has 1 fully saturated rings. The highest BCUT2D eigenvalue weighted by Gasteiger charge is 2.64. The summed E-state index contributed by atoms with van der Waals surface area (Å²) in [6.07, 6.45) is 11.7. The van der Waals surface area contributed by atoms with Crippen molar-refractivity contribution in [2.24, 2.45) is 11.3 Å².